The minimum atomic E-state index is 0.0705. The largest absolute Gasteiger partial charge is 0.381 e. The third-order valence-corrected chi connectivity index (χ3v) is 5.63. The normalized spacial score (nSPS) is 21.3. The Hall–Kier alpha value is -1.70. The molecule has 1 saturated heterocycles. The van der Waals surface area contributed by atoms with Crippen LogP contribution in [-0.2, 0) is 16.0 Å². The van der Waals surface area contributed by atoms with Crippen molar-refractivity contribution in [3.8, 4) is 0 Å². The predicted molar refractivity (Wildman–Crippen MR) is 94.7 cm³/mol. The van der Waals surface area contributed by atoms with Gasteiger partial charge in [0.05, 0.1) is 30.5 Å². The summed E-state index contributed by atoms with van der Waals surface area (Å²) in [6.07, 6.45) is 3.94. The van der Waals surface area contributed by atoms with Crippen LogP contribution in [0.15, 0.2) is 29.1 Å². The minimum Gasteiger partial charge on any atom is -0.381 e. The Morgan fingerprint density at radius 2 is 2.20 bits per heavy atom. The van der Waals surface area contributed by atoms with E-state index in [1.807, 2.05) is 32.5 Å². The third-order valence-electron chi connectivity index (χ3n) is 4.94. The van der Waals surface area contributed by atoms with E-state index in [-0.39, 0.29) is 11.9 Å². The van der Waals surface area contributed by atoms with E-state index >= 15 is 0 Å². The first-order valence-electron chi connectivity index (χ1n) is 8.80. The second kappa shape index (κ2) is 7.68. The van der Waals surface area contributed by atoms with Crippen LogP contribution < -0.4 is 0 Å². The van der Waals surface area contributed by atoms with Gasteiger partial charge in [-0.15, -0.1) is 0 Å². The second-order valence-corrected chi connectivity index (χ2v) is 7.49. The molecule has 6 nitrogen and oxygen atoms in total. The lowest BCUT2D eigenvalue weighted by Crippen LogP contribution is -2.42. The third kappa shape index (κ3) is 3.78. The molecule has 0 bridgehead atoms. The molecule has 7 heteroatoms. The summed E-state index contributed by atoms with van der Waals surface area (Å²) >= 11 is 1.55. The zero-order chi connectivity index (χ0) is 17.1. The quantitative estimate of drug-likeness (QED) is 0.821. The maximum absolute atomic E-state index is 12.7. The van der Waals surface area contributed by atoms with Crippen molar-refractivity contribution in [2.45, 2.75) is 25.4 Å². The van der Waals surface area contributed by atoms with Gasteiger partial charge in [-0.25, -0.2) is 0 Å². The first-order valence-corrected chi connectivity index (χ1v) is 9.75. The molecule has 134 valence electrons. The summed E-state index contributed by atoms with van der Waals surface area (Å²) in [5.41, 5.74) is 1.83. The number of carbonyl (C=O) groups is 1. The standard InChI is InChI=1S/C18H23N3O3S/c22-18(15-4-8-25-13-15)20-9-16-1-5-19-21(16)17(10-20)12-24-11-14-2-6-23-7-3-14/h1,4-5,8,13-14,17H,2-3,6-7,9-12H2. The number of nitrogens with zero attached hydrogens (tertiary/aromatic N) is 3. The number of ether oxygens (including phenoxy) is 2. The Bertz CT molecular complexity index is 694. The van der Waals surface area contributed by atoms with Crippen LogP contribution in [0.5, 0.6) is 0 Å². The van der Waals surface area contributed by atoms with Gasteiger partial charge in [-0.2, -0.15) is 16.4 Å². The highest BCUT2D eigenvalue weighted by Crippen LogP contribution is 2.24. The molecule has 2 aliphatic rings. The second-order valence-electron chi connectivity index (χ2n) is 6.71. The van der Waals surface area contributed by atoms with Gasteiger partial charge < -0.3 is 14.4 Å². The molecule has 1 unspecified atom stereocenters. The molecule has 2 aromatic heterocycles. The number of carbonyl (C=O) groups excluding carboxylic acids is 1. The monoisotopic (exact) mass is 361 g/mol. The number of fused-ring (bicyclic) bond motifs is 1. The summed E-state index contributed by atoms with van der Waals surface area (Å²) in [4.78, 5) is 14.6. The van der Waals surface area contributed by atoms with Crippen molar-refractivity contribution in [3.63, 3.8) is 0 Å². The smallest absolute Gasteiger partial charge is 0.255 e. The van der Waals surface area contributed by atoms with Gasteiger partial charge in [0.2, 0.25) is 0 Å². The molecule has 1 atom stereocenters. The Morgan fingerprint density at radius 3 is 3.00 bits per heavy atom. The lowest BCUT2D eigenvalue weighted by Gasteiger charge is -2.34. The average Bonchev–Trinajstić information content (AvgIpc) is 3.33. The van der Waals surface area contributed by atoms with Gasteiger partial charge in [0.1, 0.15) is 0 Å². The molecular weight excluding hydrogens is 338 g/mol. The van der Waals surface area contributed by atoms with Gasteiger partial charge in [-0.3, -0.25) is 9.48 Å². The number of aromatic nitrogens is 2. The molecular formula is C18H23N3O3S. The Labute approximate surface area is 151 Å². The van der Waals surface area contributed by atoms with Crippen LogP contribution in [0.25, 0.3) is 0 Å². The molecule has 0 saturated carbocycles. The molecule has 1 amide bonds. The lowest BCUT2D eigenvalue weighted by atomic mass is 10.0. The minimum absolute atomic E-state index is 0.0705. The molecule has 4 heterocycles. The van der Waals surface area contributed by atoms with Crippen LogP contribution in [-0.4, -0.2) is 53.6 Å². The van der Waals surface area contributed by atoms with Gasteiger partial charge in [-0.1, -0.05) is 0 Å². The van der Waals surface area contributed by atoms with Gasteiger partial charge in [0.15, 0.2) is 0 Å². The first-order chi connectivity index (χ1) is 12.3. The summed E-state index contributed by atoms with van der Waals surface area (Å²) in [6, 6.07) is 3.94. The molecule has 0 aromatic carbocycles. The topological polar surface area (TPSA) is 56.6 Å². The van der Waals surface area contributed by atoms with Crippen LogP contribution in [0.2, 0.25) is 0 Å². The number of thiophene rings is 1. The van der Waals surface area contributed by atoms with Crippen molar-refractivity contribution < 1.29 is 14.3 Å². The van der Waals surface area contributed by atoms with Gasteiger partial charge in [0, 0.05) is 37.9 Å². The lowest BCUT2D eigenvalue weighted by molar-refractivity contribution is 0.00433. The highest BCUT2D eigenvalue weighted by molar-refractivity contribution is 7.08. The van der Waals surface area contributed by atoms with E-state index in [1.165, 1.54) is 0 Å². The van der Waals surface area contributed by atoms with Crippen LogP contribution in [0.3, 0.4) is 0 Å². The predicted octanol–water partition coefficient (Wildman–Crippen LogP) is 2.58. The van der Waals surface area contributed by atoms with Crippen LogP contribution in [0.1, 0.15) is 34.9 Å². The van der Waals surface area contributed by atoms with Gasteiger partial charge >= 0.3 is 0 Å². The van der Waals surface area contributed by atoms with Crippen molar-refractivity contribution >= 4 is 17.2 Å². The molecule has 0 N–H and O–H groups in total. The van der Waals surface area contributed by atoms with Crippen molar-refractivity contribution in [1.82, 2.24) is 14.7 Å². The zero-order valence-electron chi connectivity index (χ0n) is 14.2. The van der Waals surface area contributed by atoms with E-state index in [0.717, 1.165) is 43.9 Å². The maximum Gasteiger partial charge on any atom is 0.255 e. The zero-order valence-corrected chi connectivity index (χ0v) is 15.0. The van der Waals surface area contributed by atoms with E-state index in [2.05, 4.69) is 5.10 Å². The number of amides is 1. The molecule has 2 aromatic rings. The molecule has 1 fully saturated rings. The van der Waals surface area contributed by atoms with Gasteiger partial charge in [0.25, 0.3) is 5.91 Å². The van der Waals surface area contributed by atoms with Crippen molar-refractivity contribution in [1.29, 1.82) is 0 Å². The van der Waals surface area contributed by atoms with E-state index in [1.54, 1.807) is 17.5 Å². The fraction of sp³-hybridized carbons (Fsp3) is 0.556. The number of rotatable bonds is 5. The number of hydrogen-bond acceptors (Lipinski definition) is 5. The number of hydrogen-bond donors (Lipinski definition) is 0. The van der Waals surface area contributed by atoms with E-state index in [0.29, 0.717) is 25.6 Å². The molecule has 4 rings (SSSR count). The summed E-state index contributed by atoms with van der Waals surface area (Å²) in [5, 5.41) is 8.29. The van der Waals surface area contributed by atoms with Gasteiger partial charge in [-0.05, 0) is 36.3 Å². The SMILES string of the molecule is O=C(c1ccsc1)N1Cc2ccnn2C(COCC2CCOCC2)C1. The maximum atomic E-state index is 12.7. The Kier molecular flexibility index (Phi) is 5.14. The highest BCUT2D eigenvalue weighted by atomic mass is 32.1. The summed E-state index contributed by atoms with van der Waals surface area (Å²) in [5.74, 6) is 0.668. The molecule has 0 spiro atoms. The van der Waals surface area contributed by atoms with Crippen LogP contribution >= 0.6 is 11.3 Å². The van der Waals surface area contributed by atoms with E-state index in [9.17, 15) is 4.79 Å². The highest BCUT2D eigenvalue weighted by Gasteiger charge is 2.29. The molecule has 0 radical (unpaired) electrons. The fourth-order valence-corrected chi connectivity index (χ4v) is 4.15. The van der Waals surface area contributed by atoms with E-state index < -0.39 is 0 Å². The van der Waals surface area contributed by atoms with Crippen LogP contribution in [0, 0.1) is 5.92 Å². The summed E-state index contributed by atoms with van der Waals surface area (Å²) < 4.78 is 13.4. The Balaban J connectivity index is 1.39. The average molecular weight is 361 g/mol. The van der Waals surface area contributed by atoms with Crippen molar-refractivity contribution in [2.24, 2.45) is 5.92 Å². The van der Waals surface area contributed by atoms with E-state index in [4.69, 9.17) is 9.47 Å². The fourth-order valence-electron chi connectivity index (χ4n) is 3.52. The summed E-state index contributed by atoms with van der Waals surface area (Å²) in [7, 11) is 0. The van der Waals surface area contributed by atoms with Crippen molar-refractivity contribution in [3.05, 3.63) is 40.3 Å². The Morgan fingerprint density at radius 1 is 1.32 bits per heavy atom. The van der Waals surface area contributed by atoms with Crippen LogP contribution in [0.4, 0.5) is 0 Å². The van der Waals surface area contributed by atoms with Crippen molar-refractivity contribution in [2.75, 3.05) is 33.0 Å². The first kappa shape index (κ1) is 16.8. The molecule has 0 aliphatic carbocycles. The molecule has 2 aliphatic heterocycles. The molecule has 25 heavy (non-hydrogen) atoms. The summed E-state index contributed by atoms with van der Waals surface area (Å²) in [6.45, 7) is 4.25.